The minimum atomic E-state index is 0.00863. The van der Waals surface area contributed by atoms with E-state index in [-0.39, 0.29) is 5.54 Å². The fraction of sp³-hybridized carbons (Fsp3) is 0.545. The summed E-state index contributed by atoms with van der Waals surface area (Å²) in [5.41, 5.74) is 0.788. The summed E-state index contributed by atoms with van der Waals surface area (Å²) in [6, 6.07) is 0. The Morgan fingerprint density at radius 3 is 2.81 bits per heavy atom. The molecule has 2 heterocycles. The average Bonchev–Trinajstić information content (AvgIpc) is 2.62. The van der Waals surface area contributed by atoms with Crippen molar-refractivity contribution in [3.05, 3.63) is 18.2 Å². The van der Waals surface area contributed by atoms with Crippen LogP contribution in [-0.4, -0.2) is 25.1 Å². The maximum atomic E-state index is 4.32. The van der Waals surface area contributed by atoms with Crippen molar-refractivity contribution in [2.24, 2.45) is 0 Å². The average molecular weight is 219 g/mol. The summed E-state index contributed by atoms with van der Waals surface area (Å²) < 4.78 is 1.93. The molecule has 0 aromatic carbocycles. The first kappa shape index (κ1) is 10.9. The highest BCUT2D eigenvalue weighted by Crippen LogP contribution is 2.19. The zero-order valence-electron chi connectivity index (χ0n) is 10.2. The Morgan fingerprint density at radius 1 is 1.38 bits per heavy atom. The molecule has 0 amide bonds. The highest BCUT2D eigenvalue weighted by Gasteiger charge is 2.17. The first-order chi connectivity index (χ1) is 7.53. The van der Waals surface area contributed by atoms with Gasteiger partial charge in [-0.2, -0.15) is 0 Å². The van der Waals surface area contributed by atoms with E-state index in [4.69, 9.17) is 0 Å². The second-order valence-electron chi connectivity index (χ2n) is 4.58. The van der Waals surface area contributed by atoms with Crippen LogP contribution in [0.3, 0.4) is 0 Å². The summed E-state index contributed by atoms with van der Waals surface area (Å²) >= 11 is 0. The number of fused-ring (bicyclic) bond motifs is 1. The molecule has 0 saturated heterocycles. The molecule has 2 rings (SSSR count). The zero-order chi connectivity index (χ0) is 11.8. The monoisotopic (exact) mass is 219 g/mol. The Morgan fingerprint density at radius 2 is 2.12 bits per heavy atom. The molecule has 1 N–H and O–H groups in total. The van der Waals surface area contributed by atoms with Gasteiger partial charge in [0.2, 0.25) is 5.65 Å². The zero-order valence-corrected chi connectivity index (χ0v) is 10.2. The summed E-state index contributed by atoms with van der Waals surface area (Å²) in [5.74, 6) is 1.66. The van der Waals surface area contributed by atoms with Gasteiger partial charge in [0.15, 0.2) is 5.82 Å². The number of aryl methyl sites for hydroxylation is 1. The van der Waals surface area contributed by atoms with E-state index >= 15 is 0 Å². The van der Waals surface area contributed by atoms with Crippen LogP contribution >= 0.6 is 0 Å². The number of rotatable bonds is 3. The molecular formula is C11H17N5. The first-order valence-corrected chi connectivity index (χ1v) is 5.48. The van der Waals surface area contributed by atoms with Crippen molar-refractivity contribution in [3.63, 3.8) is 0 Å². The third kappa shape index (κ3) is 1.85. The van der Waals surface area contributed by atoms with Crippen molar-refractivity contribution in [1.82, 2.24) is 19.6 Å². The van der Waals surface area contributed by atoms with Crippen molar-refractivity contribution in [2.75, 3.05) is 5.32 Å². The van der Waals surface area contributed by atoms with E-state index in [1.54, 1.807) is 6.20 Å². The lowest BCUT2D eigenvalue weighted by Crippen LogP contribution is -2.30. The van der Waals surface area contributed by atoms with Gasteiger partial charge < -0.3 is 5.32 Å². The Hall–Kier alpha value is -1.65. The first-order valence-electron chi connectivity index (χ1n) is 5.48. The topological polar surface area (TPSA) is 55.1 Å². The van der Waals surface area contributed by atoms with Crippen LogP contribution < -0.4 is 5.32 Å². The molecule has 2 aromatic heterocycles. The second kappa shape index (κ2) is 3.73. The standard InChI is InChI=1S/C11H17N5/c1-5-11(3,4)13-9-10-15-14-8(2)16(10)7-6-12-9/h6-7H,5H2,1-4H3,(H,12,13). The van der Waals surface area contributed by atoms with Crippen LogP contribution in [0.1, 0.15) is 33.0 Å². The molecule has 0 atom stereocenters. The fourth-order valence-corrected chi connectivity index (χ4v) is 1.44. The van der Waals surface area contributed by atoms with E-state index in [0.29, 0.717) is 0 Å². The molecule has 0 fully saturated rings. The SMILES string of the molecule is CCC(C)(C)Nc1nccn2c(C)nnc12. The molecule has 5 nitrogen and oxygen atoms in total. The summed E-state index contributed by atoms with van der Waals surface area (Å²) in [4.78, 5) is 4.32. The normalized spacial score (nSPS) is 12.0. The van der Waals surface area contributed by atoms with Crippen LogP contribution in [0.4, 0.5) is 5.82 Å². The molecule has 0 radical (unpaired) electrons. The van der Waals surface area contributed by atoms with Gasteiger partial charge in [-0.25, -0.2) is 4.98 Å². The van der Waals surface area contributed by atoms with Crippen LogP contribution in [0.15, 0.2) is 12.4 Å². The molecule has 0 aliphatic heterocycles. The molecular weight excluding hydrogens is 202 g/mol. The van der Waals surface area contributed by atoms with Crippen molar-refractivity contribution in [1.29, 1.82) is 0 Å². The third-order valence-electron chi connectivity index (χ3n) is 2.84. The smallest absolute Gasteiger partial charge is 0.203 e. The summed E-state index contributed by atoms with van der Waals surface area (Å²) in [6.45, 7) is 8.35. The van der Waals surface area contributed by atoms with Crippen molar-refractivity contribution in [2.45, 2.75) is 39.7 Å². The Bertz CT molecular complexity index is 500. The van der Waals surface area contributed by atoms with Gasteiger partial charge in [-0.15, -0.1) is 10.2 Å². The van der Waals surface area contributed by atoms with E-state index in [1.807, 2.05) is 17.5 Å². The Kier molecular flexibility index (Phi) is 2.53. The van der Waals surface area contributed by atoms with Crippen LogP contribution in [0.25, 0.3) is 5.65 Å². The van der Waals surface area contributed by atoms with Gasteiger partial charge >= 0.3 is 0 Å². The highest BCUT2D eigenvalue weighted by molar-refractivity contribution is 5.62. The van der Waals surface area contributed by atoms with Crippen LogP contribution in [0.2, 0.25) is 0 Å². The van der Waals surface area contributed by atoms with E-state index in [9.17, 15) is 0 Å². The number of anilines is 1. The van der Waals surface area contributed by atoms with Crippen LogP contribution in [-0.2, 0) is 0 Å². The summed E-state index contributed by atoms with van der Waals surface area (Å²) in [6.07, 6.45) is 4.65. The molecule has 16 heavy (non-hydrogen) atoms. The molecule has 0 aliphatic rings. The number of nitrogens with one attached hydrogen (secondary N) is 1. The van der Waals surface area contributed by atoms with Gasteiger partial charge in [-0.1, -0.05) is 6.92 Å². The van der Waals surface area contributed by atoms with E-state index < -0.39 is 0 Å². The van der Waals surface area contributed by atoms with Crippen molar-refractivity contribution < 1.29 is 0 Å². The fourth-order valence-electron chi connectivity index (χ4n) is 1.44. The van der Waals surface area contributed by atoms with Gasteiger partial charge in [0, 0.05) is 17.9 Å². The predicted molar refractivity (Wildman–Crippen MR) is 63.5 cm³/mol. The molecule has 5 heteroatoms. The molecule has 2 aromatic rings. The van der Waals surface area contributed by atoms with Gasteiger partial charge in [-0.3, -0.25) is 4.40 Å². The lowest BCUT2D eigenvalue weighted by Gasteiger charge is -2.25. The van der Waals surface area contributed by atoms with Gasteiger partial charge in [0.05, 0.1) is 0 Å². The lowest BCUT2D eigenvalue weighted by atomic mass is 10.0. The molecule has 0 bridgehead atoms. The van der Waals surface area contributed by atoms with E-state index in [0.717, 1.165) is 23.7 Å². The Balaban J connectivity index is 2.45. The summed E-state index contributed by atoms with van der Waals surface area (Å²) in [7, 11) is 0. The minimum absolute atomic E-state index is 0.00863. The number of hydrogen-bond acceptors (Lipinski definition) is 4. The highest BCUT2D eigenvalue weighted by atomic mass is 15.3. The maximum Gasteiger partial charge on any atom is 0.203 e. The number of hydrogen-bond donors (Lipinski definition) is 1. The summed E-state index contributed by atoms with van der Waals surface area (Å²) in [5, 5.41) is 11.6. The maximum absolute atomic E-state index is 4.32. The number of aromatic nitrogens is 4. The molecule has 0 saturated carbocycles. The van der Waals surface area contributed by atoms with Gasteiger partial charge in [-0.05, 0) is 27.2 Å². The molecule has 0 unspecified atom stereocenters. The largest absolute Gasteiger partial charge is 0.362 e. The molecule has 0 aliphatic carbocycles. The van der Waals surface area contributed by atoms with E-state index in [2.05, 4.69) is 41.3 Å². The van der Waals surface area contributed by atoms with Crippen LogP contribution in [0, 0.1) is 6.92 Å². The quantitative estimate of drug-likeness (QED) is 0.858. The third-order valence-corrected chi connectivity index (χ3v) is 2.84. The second-order valence-corrected chi connectivity index (χ2v) is 4.58. The van der Waals surface area contributed by atoms with Gasteiger partial charge in [0.25, 0.3) is 0 Å². The van der Waals surface area contributed by atoms with Crippen molar-refractivity contribution in [3.8, 4) is 0 Å². The molecule has 86 valence electrons. The number of nitrogens with zero attached hydrogens (tertiary/aromatic N) is 4. The molecule has 0 spiro atoms. The van der Waals surface area contributed by atoms with E-state index in [1.165, 1.54) is 0 Å². The van der Waals surface area contributed by atoms with Gasteiger partial charge in [0.1, 0.15) is 5.82 Å². The van der Waals surface area contributed by atoms with Crippen LogP contribution in [0.5, 0.6) is 0 Å². The minimum Gasteiger partial charge on any atom is -0.362 e. The Labute approximate surface area is 94.9 Å². The lowest BCUT2D eigenvalue weighted by molar-refractivity contribution is 0.545. The predicted octanol–water partition coefficient (Wildman–Crippen LogP) is 2.03. The van der Waals surface area contributed by atoms with Crippen molar-refractivity contribution >= 4 is 11.5 Å².